The van der Waals surface area contributed by atoms with Gasteiger partial charge in [-0.25, -0.2) is 9.97 Å². The SMILES string of the molecule is CCSc1cccc(-c2cccc(S(=O)CC)n2)n1. The van der Waals surface area contributed by atoms with Crippen LogP contribution in [-0.4, -0.2) is 25.7 Å². The van der Waals surface area contributed by atoms with E-state index in [1.54, 1.807) is 17.8 Å². The molecule has 0 radical (unpaired) electrons. The zero-order chi connectivity index (χ0) is 13.7. The Balaban J connectivity index is 2.36. The van der Waals surface area contributed by atoms with Crippen LogP contribution in [0.15, 0.2) is 46.5 Å². The Morgan fingerprint density at radius 1 is 1.05 bits per heavy atom. The number of hydrogen-bond donors (Lipinski definition) is 0. The van der Waals surface area contributed by atoms with Crippen molar-refractivity contribution < 1.29 is 4.21 Å². The van der Waals surface area contributed by atoms with E-state index in [1.165, 1.54) is 0 Å². The van der Waals surface area contributed by atoms with Crippen LogP contribution in [0.2, 0.25) is 0 Å². The molecule has 0 fully saturated rings. The molecule has 2 rings (SSSR count). The van der Waals surface area contributed by atoms with Crippen LogP contribution in [0.3, 0.4) is 0 Å². The molecule has 5 heteroatoms. The molecular formula is C14H16N2OS2. The van der Waals surface area contributed by atoms with Crippen LogP contribution in [-0.2, 0) is 10.8 Å². The number of hydrogen-bond acceptors (Lipinski definition) is 4. The highest BCUT2D eigenvalue weighted by molar-refractivity contribution is 7.99. The quantitative estimate of drug-likeness (QED) is 0.792. The van der Waals surface area contributed by atoms with Crippen molar-refractivity contribution in [3.63, 3.8) is 0 Å². The van der Waals surface area contributed by atoms with Crippen molar-refractivity contribution in [1.29, 1.82) is 0 Å². The molecule has 19 heavy (non-hydrogen) atoms. The van der Waals surface area contributed by atoms with Crippen LogP contribution in [0.25, 0.3) is 11.4 Å². The fraction of sp³-hybridized carbons (Fsp3) is 0.286. The van der Waals surface area contributed by atoms with Crippen molar-refractivity contribution in [2.24, 2.45) is 0 Å². The third-order valence-corrected chi connectivity index (χ3v) is 4.53. The summed E-state index contributed by atoms with van der Waals surface area (Å²) in [6.45, 7) is 3.99. The van der Waals surface area contributed by atoms with Gasteiger partial charge in [0.05, 0.1) is 27.2 Å². The normalized spacial score (nSPS) is 12.3. The summed E-state index contributed by atoms with van der Waals surface area (Å²) in [6.07, 6.45) is 0. The van der Waals surface area contributed by atoms with E-state index in [4.69, 9.17) is 0 Å². The summed E-state index contributed by atoms with van der Waals surface area (Å²) in [5, 5.41) is 1.61. The van der Waals surface area contributed by atoms with Crippen molar-refractivity contribution in [3.05, 3.63) is 36.4 Å². The summed E-state index contributed by atoms with van der Waals surface area (Å²) < 4.78 is 11.8. The van der Waals surface area contributed by atoms with Crippen molar-refractivity contribution in [2.45, 2.75) is 23.9 Å². The van der Waals surface area contributed by atoms with E-state index in [0.29, 0.717) is 10.8 Å². The van der Waals surface area contributed by atoms with Gasteiger partial charge in [0.15, 0.2) is 0 Å². The lowest BCUT2D eigenvalue weighted by Gasteiger charge is -2.05. The number of pyridine rings is 2. The molecule has 0 aliphatic heterocycles. The third-order valence-electron chi connectivity index (χ3n) is 2.50. The Hall–Kier alpha value is -1.20. The molecule has 0 aliphatic rings. The first-order valence-corrected chi connectivity index (χ1v) is 8.50. The first-order valence-electron chi connectivity index (χ1n) is 6.20. The molecule has 0 bridgehead atoms. The lowest BCUT2D eigenvalue weighted by molar-refractivity contribution is 0.681. The Bertz CT molecular complexity index is 587. The maximum absolute atomic E-state index is 11.8. The number of nitrogens with zero attached hydrogens (tertiary/aromatic N) is 2. The highest BCUT2D eigenvalue weighted by atomic mass is 32.2. The molecule has 2 aromatic heterocycles. The van der Waals surface area contributed by atoms with Gasteiger partial charge in [-0.3, -0.25) is 4.21 Å². The van der Waals surface area contributed by atoms with Gasteiger partial charge in [0.1, 0.15) is 5.03 Å². The van der Waals surface area contributed by atoms with E-state index >= 15 is 0 Å². The number of thioether (sulfide) groups is 1. The van der Waals surface area contributed by atoms with Gasteiger partial charge in [0, 0.05) is 5.75 Å². The standard InChI is InChI=1S/C14H16N2OS2/c1-3-18-13-9-5-7-11(15-13)12-8-6-10-14(16-12)19(17)4-2/h5-10H,3-4H2,1-2H3. The molecule has 2 heterocycles. The van der Waals surface area contributed by atoms with Crippen LogP contribution in [0.4, 0.5) is 0 Å². The average molecular weight is 292 g/mol. The van der Waals surface area contributed by atoms with Gasteiger partial charge in [0.25, 0.3) is 0 Å². The Kier molecular flexibility index (Phi) is 5.10. The van der Waals surface area contributed by atoms with E-state index in [9.17, 15) is 4.21 Å². The van der Waals surface area contributed by atoms with Gasteiger partial charge in [-0.15, -0.1) is 11.8 Å². The van der Waals surface area contributed by atoms with Gasteiger partial charge >= 0.3 is 0 Å². The highest BCUT2D eigenvalue weighted by Crippen LogP contribution is 2.21. The van der Waals surface area contributed by atoms with Crippen LogP contribution >= 0.6 is 11.8 Å². The maximum Gasteiger partial charge on any atom is 0.128 e. The molecule has 1 atom stereocenters. The highest BCUT2D eigenvalue weighted by Gasteiger charge is 2.07. The molecule has 0 saturated carbocycles. The molecule has 3 nitrogen and oxygen atoms in total. The lowest BCUT2D eigenvalue weighted by Crippen LogP contribution is -1.99. The zero-order valence-corrected chi connectivity index (χ0v) is 12.6. The van der Waals surface area contributed by atoms with E-state index in [2.05, 4.69) is 16.9 Å². The van der Waals surface area contributed by atoms with Crippen LogP contribution in [0.5, 0.6) is 0 Å². The van der Waals surface area contributed by atoms with E-state index in [1.807, 2.05) is 37.3 Å². The molecule has 2 aromatic rings. The minimum absolute atomic E-state index is 0.579. The largest absolute Gasteiger partial charge is 0.253 e. The van der Waals surface area contributed by atoms with Crippen molar-refractivity contribution in [1.82, 2.24) is 9.97 Å². The lowest BCUT2D eigenvalue weighted by atomic mass is 10.2. The summed E-state index contributed by atoms with van der Waals surface area (Å²) in [5.41, 5.74) is 1.60. The second-order valence-electron chi connectivity index (χ2n) is 3.79. The monoisotopic (exact) mass is 292 g/mol. The zero-order valence-electron chi connectivity index (χ0n) is 11.0. The van der Waals surface area contributed by atoms with Gasteiger partial charge in [-0.1, -0.05) is 26.0 Å². The predicted molar refractivity (Wildman–Crippen MR) is 80.8 cm³/mol. The van der Waals surface area contributed by atoms with Gasteiger partial charge < -0.3 is 0 Å². The summed E-state index contributed by atoms with van der Waals surface area (Å²) in [6, 6.07) is 11.5. The molecular weight excluding hydrogens is 276 g/mol. The molecule has 100 valence electrons. The Morgan fingerprint density at radius 2 is 1.74 bits per heavy atom. The van der Waals surface area contributed by atoms with E-state index < -0.39 is 10.8 Å². The molecule has 0 saturated heterocycles. The molecule has 0 spiro atoms. The average Bonchev–Trinajstić information content (AvgIpc) is 2.47. The third kappa shape index (κ3) is 3.64. The topological polar surface area (TPSA) is 42.9 Å². The second-order valence-corrected chi connectivity index (χ2v) is 6.76. The van der Waals surface area contributed by atoms with Gasteiger partial charge in [-0.05, 0) is 30.0 Å². The smallest absolute Gasteiger partial charge is 0.128 e. The minimum atomic E-state index is -1.03. The first kappa shape index (κ1) is 14.2. The summed E-state index contributed by atoms with van der Waals surface area (Å²) in [5.74, 6) is 1.57. The van der Waals surface area contributed by atoms with Crippen LogP contribution in [0, 0.1) is 0 Å². The first-order chi connectivity index (χ1) is 9.24. The summed E-state index contributed by atoms with van der Waals surface area (Å²) >= 11 is 1.70. The Labute approximate surface area is 120 Å². The van der Waals surface area contributed by atoms with Gasteiger partial charge in [-0.2, -0.15) is 0 Å². The second kappa shape index (κ2) is 6.82. The molecule has 0 N–H and O–H groups in total. The van der Waals surface area contributed by atoms with Crippen molar-refractivity contribution in [3.8, 4) is 11.4 Å². The fourth-order valence-electron chi connectivity index (χ4n) is 1.62. The molecule has 0 aliphatic carbocycles. The summed E-state index contributed by atoms with van der Waals surface area (Å²) in [4.78, 5) is 9.00. The van der Waals surface area contributed by atoms with E-state index in [-0.39, 0.29) is 0 Å². The minimum Gasteiger partial charge on any atom is -0.253 e. The fourth-order valence-corrected chi connectivity index (χ4v) is 2.98. The maximum atomic E-state index is 11.8. The van der Waals surface area contributed by atoms with Crippen LogP contribution in [0.1, 0.15) is 13.8 Å². The molecule has 0 amide bonds. The molecule has 0 aromatic carbocycles. The van der Waals surface area contributed by atoms with Crippen molar-refractivity contribution in [2.75, 3.05) is 11.5 Å². The number of aromatic nitrogens is 2. The number of rotatable bonds is 5. The predicted octanol–water partition coefficient (Wildman–Crippen LogP) is 3.38. The Morgan fingerprint density at radius 3 is 2.42 bits per heavy atom. The molecule has 1 unspecified atom stereocenters. The van der Waals surface area contributed by atoms with E-state index in [0.717, 1.165) is 22.2 Å². The van der Waals surface area contributed by atoms with Crippen molar-refractivity contribution >= 4 is 22.6 Å². The van der Waals surface area contributed by atoms with Crippen LogP contribution < -0.4 is 0 Å². The summed E-state index contributed by atoms with van der Waals surface area (Å²) in [7, 11) is -1.03. The van der Waals surface area contributed by atoms with Gasteiger partial charge in [0.2, 0.25) is 0 Å².